The van der Waals surface area contributed by atoms with Gasteiger partial charge < -0.3 is 9.47 Å². The van der Waals surface area contributed by atoms with Crippen molar-refractivity contribution in [2.75, 3.05) is 18.0 Å². The van der Waals surface area contributed by atoms with Crippen molar-refractivity contribution in [3.05, 3.63) is 56.7 Å². The maximum atomic E-state index is 12.5. The minimum atomic E-state index is -0.348. The van der Waals surface area contributed by atoms with Crippen molar-refractivity contribution in [3.8, 4) is 0 Å². The van der Waals surface area contributed by atoms with E-state index in [2.05, 4.69) is 40.2 Å². The van der Waals surface area contributed by atoms with Gasteiger partial charge in [-0.1, -0.05) is 30.3 Å². The largest absolute Gasteiger partial charge is 0.342 e. The molecule has 27 heavy (non-hydrogen) atoms. The summed E-state index contributed by atoms with van der Waals surface area (Å²) in [7, 11) is 5.02. The van der Waals surface area contributed by atoms with E-state index in [0.717, 1.165) is 42.9 Å². The molecule has 0 unspecified atom stereocenters. The van der Waals surface area contributed by atoms with Crippen LogP contribution in [0.5, 0.6) is 0 Å². The molecule has 3 heterocycles. The molecule has 0 amide bonds. The van der Waals surface area contributed by atoms with Crippen molar-refractivity contribution >= 4 is 17.1 Å². The Hall–Kier alpha value is -2.83. The minimum absolute atomic E-state index is 0.298. The number of anilines is 1. The van der Waals surface area contributed by atoms with Crippen LogP contribution < -0.4 is 16.1 Å². The lowest BCUT2D eigenvalue weighted by molar-refractivity contribution is 0.399. The first-order valence-corrected chi connectivity index (χ1v) is 9.38. The fraction of sp³-hybridized carbons (Fsp3) is 0.450. The number of hydrogen-bond donors (Lipinski definition) is 0. The van der Waals surface area contributed by atoms with Gasteiger partial charge in [-0.3, -0.25) is 13.9 Å². The first kappa shape index (κ1) is 17.6. The third kappa shape index (κ3) is 2.97. The van der Waals surface area contributed by atoms with Gasteiger partial charge in [0.25, 0.3) is 5.56 Å². The van der Waals surface area contributed by atoms with Crippen LogP contribution in [0.1, 0.15) is 18.4 Å². The van der Waals surface area contributed by atoms with Crippen molar-refractivity contribution in [3.63, 3.8) is 0 Å². The van der Waals surface area contributed by atoms with Crippen LogP contribution in [-0.4, -0.2) is 31.8 Å². The lowest BCUT2D eigenvalue weighted by atomic mass is 9.90. The number of nitrogens with zero attached hydrogens (tertiary/aromatic N) is 5. The standard InChI is InChI=1S/C20H25N5O2/c1-22-16-17(23(2)20(27)24(3)18(16)26)21-19(22)25-11-9-15(10-12-25)13-14-7-5-4-6-8-14/h4-8,15H,9-13H2,1-3H3. The maximum absolute atomic E-state index is 12.5. The number of rotatable bonds is 3. The zero-order chi connectivity index (χ0) is 19.1. The summed E-state index contributed by atoms with van der Waals surface area (Å²) in [5, 5.41) is 0. The van der Waals surface area contributed by atoms with E-state index in [1.807, 2.05) is 11.6 Å². The Morgan fingerprint density at radius 2 is 1.63 bits per heavy atom. The van der Waals surface area contributed by atoms with E-state index in [9.17, 15) is 9.59 Å². The molecule has 0 aliphatic carbocycles. The van der Waals surface area contributed by atoms with E-state index in [0.29, 0.717) is 17.1 Å². The van der Waals surface area contributed by atoms with Gasteiger partial charge in [0, 0.05) is 34.2 Å². The lowest BCUT2D eigenvalue weighted by Gasteiger charge is -2.32. The normalized spacial score (nSPS) is 15.6. The number of piperidine rings is 1. The van der Waals surface area contributed by atoms with Gasteiger partial charge in [0.2, 0.25) is 5.95 Å². The van der Waals surface area contributed by atoms with Gasteiger partial charge in [0.15, 0.2) is 11.2 Å². The summed E-state index contributed by atoms with van der Waals surface area (Å²) >= 11 is 0. The summed E-state index contributed by atoms with van der Waals surface area (Å²) in [5.74, 6) is 1.43. The third-order valence-corrected chi connectivity index (χ3v) is 5.72. The second kappa shape index (κ2) is 6.72. The molecule has 2 aromatic heterocycles. The summed E-state index contributed by atoms with van der Waals surface area (Å²) in [5.41, 5.74) is 1.66. The predicted molar refractivity (Wildman–Crippen MR) is 106 cm³/mol. The fourth-order valence-electron chi connectivity index (χ4n) is 4.07. The van der Waals surface area contributed by atoms with Gasteiger partial charge in [-0.25, -0.2) is 4.79 Å². The van der Waals surface area contributed by atoms with E-state index < -0.39 is 0 Å². The summed E-state index contributed by atoms with van der Waals surface area (Å²) in [6.07, 6.45) is 3.29. The maximum Gasteiger partial charge on any atom is 0.332 e. The molecule has 7 heteroatoms. The number of benzene rings is 1. The minimum Gasteiger partial charge on any atom is -0.342 e. The van der Waals surface area contributed by atoms with Crippen molar-refractivity contribution < 1.29 is 0 Å². The van der Waals surface area contributed by atoms with Gasteiger partial charge in [0.05, 0.1) is 0 Å². The van der Waals surface area contributed by atoms with Crippen LogP contribution in [0.4, 0.5) is 5.95 Å². The van der Waals surface area contributed by atoms with Crippen molar-refractivity contribution in [1.82, 2.24) is 18.7 Å². The Labute approximate surface area is 157 Å². The molecular weight excluding hydrogens is 342 g/mol. The smallest absolute Gasteiger partial charge is 0.332 e. The molecule has 4 rings (SSSR count). The zero-order valence-electron chi connectivity index (χ0n) is 16.1. The molecule has 0 bridgehead atoms. The highest BCUT2D eigenvalue weighted by Gasteiger charge is 2.25. The molecule has 0 radical (unpaired) electrons. The molecule has 3 aromatic rings. The molecule has 1 aliphatic heterocycles. The van der Waals surface area contributed by atoms with Gasteiger partial charge in [0.1, 0.15) is 0 Å². The van der Waals surface area contributed by atoms with Crippen LogP contribution in [0.3, 0.4) is 0 Å². The second-order valence-electron chi connectivity index (χ2n) is 7.47. The van der Waals surface area contributed by atoms with Crippen LogP contribution in [0, 0.1) is 5.92 Å². The van der Waals surface area contributed by atoms with Gasteiger partial charge in [-0.2, -0.15) is 4.98 Å². The Morgan fingerprint density at radius 1 is 0.963 bits per heavy atom. The Bertz CT molecular complexity index is 1090. The van der Waals surface area contributed by atoms with Crippen molar-refractivity contribution in [1.29, 1.82) is 0 Å². The Balaban J connectivity index is 1.59. The van der Waals surface area contributed by atoms with Crippen LogP contribution in [0.15, 0.2) is 39.9 Å². The van der Waals surface area contributed by atoms with Crippen LogP contribution in [0.2, 0.25) is 0 Å². The molecule has 0 atom stereocenters. The number of imidazole rings is 1. The molecule has 0 N–H and O–H groups in total. The molecule has 0 saturated carbocycles. The van der Waals surface area contributed by atoms with Crippen LogP contribution >= 0.6 is 0 Å². The van der Waals surface area contributed by atoms with Gasteiger partial charge in [-0.05, 0) is 30.7 Å². The average Bonchev–Trinajstić information content (AvgIpc) is 3.03. The topological polar surface area (TPSA) is 65.1 Å². The number of fused-ring (bicyclic) bond motifs is 1. The molecule has 1 fully saturated rings. The SMILES string of the molecule is Cn1c(=O)c2c(nc(N3CCC(Cc4ccccc4)CC3)n2C)n(C)c1=O. The molecule has 142 valence electrons. The summed E-state index contributed by atoms with van der Waals surface area (Å²) in [6.45, 7) is 1.81. The molecule has 7 nitrogen and oxygen atoms in total. The molecule has 0 spiro atoms. The highest BCUT2D eigenvalue weighted by atomic mass is 16.2. The van der Waals surface area contributed by atoms with Crippen LogP contribution in [-0.2, 0) is 27.6 Å². The average molecular weight is 367 g/mol. The zero-order valence-corrected chi connectivity index (χ0v) is 16.1. The van der Waals surface area contributed by atoms with E-state index in [4.69, 9.17) is 0 Å². The highest BCUT2D eigenvalue weighted by Crippen LogP contribution is 2.26. The summed E-state index contributed by atoms with van der Waals surface area (Å²) < 4.78 is 4.41. The van der Waals surface area contributed by atoms with Crippen molar-refractivity contribution in [2.45, 2.75) is 19.3 Å². The second-order valence-corrected chi connectivity index (χ2v) is 7.47. The van der Waals surface area contributed by atoms with E-state index in [1.54, 1.807) is 7.05 Å². The van der Waals surface area contributed by atoms with E-state index >= 15 is 0 Å². The van der Waals surface area contributed by atoms with Crippen LogP contribution in [0.25, 0.3) is 11.2 Å². The van der Waals surface area contributed by atoms with E-state index in [1.165, 1.54) is 17.2 Å². The fourth-order valence-corrected chi connectivity index (χ4v) is 4.07. The summed E-state index contributed by atoms with van der Waals surface area (Å²) in [4.78, 5) is 31.6. The van der Waals surface area contributed by atoms with Crippen molar-refractivity contribution in [2.24, 2.45) is 27.1 Å². The third-order valence-electron chi connectivity index (χ3n) is 5.72. The summed E-state index contributed by atoms with van der Waals surface area (Å²) in [6, 6.07) is 10.6. The van der Waals surface area contributed by atoms with Gasteiger partial charge >= 0.3 is 5.69 Å². The molecule has 1 aromatic carbocycles. The molecule has 1 saturated heterocycles. The number of hydrogen-bond acceptors (Lipinski definition) is 4. The Kier molecular flexibility index (Phi) is 4.37. The predicted octanol–water partition coefficient (Wildman–Crippen LogP) is 1.43. The quantitative estimate of drug-likeness (QED) is 0.702. The lowest BCUT2D eigenvalue weighted by Crippen LogP contribution is -2.37. The molecular formula is C20H25N5O2. The van der Waals surface area contributed by atoms with E-state index in [-0.39, 0.29) is 11.2 Å². The first-order chi connectivity index (χ1) is 13.0. The Morgan fingerprint density at radius 3 is 2.30 bits per heavy atom. The van der Waals surface area contributed by atoms with Gasteiger partial charge in [-0.15, -0.1) is 0 Å². The number of aromatic nitrogens is 4. The number of aryl methyl sites for hydroxylation is 2. The highest BCUT2D eigenvalue weighted by molar-refractivity contribution is 5.74. The monoisotopic (exact) mass is 367 g/mol. The molecule has 1 aliphatic rings. The first-order valence-electron chi connectivity index (χ1n) is 9.38.